The van der Waals surface area contributed by atoms with Gasteiger partial charge in [-0.05, 0) is 44.4 Å². The lowest BCUT2D eigenvalue weighted by Gasteiger charge is -2.39. The highest BCUT2D eigenvalue weighted by Crippen LogP contribution is 2.39. The highest BCUT2D eigenvalue weighted by atomic mass is 16.5. The highest BCUT2D eigenvalue weighted by Gasteiger charge is 2.34. The third kappa shape index (κ3) is 6.39. The van der Waals surface area contributed by atoms with Crippen molar-refractivity contribution in [3.8, 4) is 23.8 Å². The number of ether oxygens (including phenoxy) is 3. The number of rotatable bonds is 8. The first-order valence-corrected chi connectivity index (χ1v) is 10.1. The van der Waals surface area contributed by atoms with E-state index in [4.69, 9.17) is 14.2 Å². The standard InChI is InChI=1S/C20H31N3O4.C3H4/c1-21-20(27-5)23(2)16(8-6-7-11-24)19-18-14(9-10-22-19)12-15(25-3)13-17(18)26-4;1-3-2/h11-13,16,19,22H,6-10H2,1-5H3;1H,2H3. The molecule has 166 valence electrons. The second-order valence-corrected chi connectivity index (χ2v) is 6.86. The Kier molecular flexibility index (Phi) is 11.4. The van der Waals surface area contributed by atoms with Crippen molar-refractivity contribution >= 4 is 12.3 Å². The summed E-state index contributed by atoms with van der Waals surface area (Å²) in [5.41, 5.74) is 2.36. The molecule has 7 heteroatoms. The molecule has 0 amide bonds. The fourth-order valence-electron chi connectivity index (χ4n) is 3.82. The molecule has 0 saturated carbocycles. The third-order valence-electron chi connectivity index (χ3n) is 5.11. The Morgan fingerprint density at radius 2 is 2.10 bits per heavy atom. The lowest BCUT2D eigenvalue weighted by molar-refractivity contribution is -0.108. The molecule has 2 unspecified atom stereocenters. The lowest BCUT2D eigenvalue weighted by atomic mass is 9.86. The first kappa shape index (κ1) is 25.3. The van der Waals surface area contributed by atoms with Crippen LogP contribution in [0.3, 0.4) is 0 Å². The van der Waals surface area contributed by atoms with E-state index in [1.165, 1.54) is 5.56 Å². The zero-order valence-electron chi connectivity index (χ0n) is 19.0. The fraction of sp³-hybridized carbons (Fsp3) is 0.565. The van der Waals surface area contributed by atoms with Gasteiger partial charge in [0, 0.05) is 32.1 Å². The van der Waals surface area contributed by atoms with Gasteiger partial charge in [-0.25, -0.2) is 4.99 Å². The van der Waals surface area contributed by atoms with Crippen LogP contribution in [0.2, 0.25) is 0 Å². The normalized spacial score (nSPS) is 16.2. The summed E-state index contributed by atoms with van der Waals surface area (Å²) < 4.78 is 16.6. The molecular formula is C23H35N3O4. The number of nitrogens with one attached hydrogen (secondary N) is 1. The highest BCUT2D eigenvalue weighted by molar-refractivity contribution is 5.73. The Labute approximate surface area is 180 Å². The average molecular weight is 418 g/mol. The Morgan fingerprint density at radius 1 is 1.40 bits per heavy atom. The first-order chi connectivity index (χ1) is 14.5. The van der Waals surface area contributed by atoms with Crippen molar-refractivity contribution in [2.75, 3.05) is 42.0 Å². The molecule has 0 aliphatic carbocycles. The number of hydrogen-bond acceptors (Lipinski definition) is 6. The van der Waals surface area contributed by atoms with Gasteiger partial charge in [-0.3, -0.25) is 0 Å². The number of terminal acetylenes is 1. The number of likely N-dealkylation sites (N-methyl/N-ethyl adjacent to an activating group) is 1. The van der Waals surface area contributed by atoms with E-state index in [0.29, 0.717) is 12.4 Å². The van der Waals surface area contributed by atoms with Gasteiger partial charge in [0.15, 0.2) is 0 Å². The van der Waals surface area contributed by atoms with Crippen molar-refractivity contribution in [2.24, 2.45) is 4.99 Å². The van der Waals surface area contributed by atoms with Gasteiger partial charge >= 0.3 is 0 Å². The van der Waals surface area contributed by atoms with Gasteiger partial charge in [-0.15, -0.1) is 12.3 Å². The molecule has 0 saturated heterocycles. The van der Waals surface area contributed by atoms with Crippen LogP contribution in [0.4, 0.5) is 0 Å². The van der Waals surface area contributed by atoms with Crippen LogP contribution in [0.5, 0.6) is 11.5 Å². The number of carbonyl (C=O) groups excluding carboxylic acids is 1. The molecule has 1 heterocycles. The molecule has 7 nitrogen and oxygen atoms in total. The van der Waals surface area contributed by atoms with E-state index in [-0.39, 0.29) is 12.1 Å². The van der Waals surface area contributed by atoms with Crippen LogP contribution in [0.1, 0.15) is 43.4 Å². The maximum atomic E-state index is 10.8. The van der Waals surface area contributed by atoms with Crippen molar-refractivity contribution in [1.82, 2.24) is 10.2 Å². The minimum atomic E-state index is 0.0261. The van der Waals surface area contributed by atoms with Gasteiger partial charge in [0.2, 0.25) is 0 Å². The van der Waals surface area contributed by atoms with E-state index in [0.717, 1.165) is 49.2 Å². The number of hydrogen-bond donors (Lipinski definition) is 1. The topological polar surface area (TPSA) is 72.4 Å². The van der Waals surface area contributed by atoms with Crippen molar-refractivity contribution in [3.05, 3.63) is 23.3 Å². The van der Waals surface area contributed by atoms with Crippen LogP contribution < -0.4 is 14.8 Å². The van der Waals surface area contributed by atoms with E-state index < -0.39 is 0 Å². The SMILES string of the molecule is C#CC.CN=C(OC)N(C)C(CCCC=O)C1NCCc2cc(OC)cc(OC)c21. The van der Waals surface area contributed by atoms with E-state index in [2.05, 4.69) is 28.7 Å². The van der Waals surface area contributed by atoms with Crippen molar-refractivity contribution in [1.29, 1.82) is 0 Å². The Morgan fingerprint density at radius 3 is 2.63 bits per heavy atom. The summed E-state index contributed by atoms with van der Waals surface area (Å²) in [6.07, 6.45) is 8.63. The van der Waals surface area contributed by atoms with Crippen molar-refractivity contribution in [2.45, 2.75) is 44.7 Å². The predicted molar refractivity (Wildman–Crippen MR) is 120 cm³/mol. The van der Waals surface area contributed by atoms with Gasteiger partial charge in [-0.2, -0.15) is 0 Å². The monoisotopic (exact) mass is 417 g/mol. The molecular weight excluding hydrogens is 382 g/mol. The third-order valence-corrected chi connectivity index (χ3v) is 5.11. The fourth-order valence-corrected chi connectivity index (χ4v) is 3.82. The van der Waals surface area contributed by atoms with E-state index in [1.54, 1.807) is 35.3 Å². The van der Waals surface area contributed by atoms with Crippen molar-refractivity contribution in [3.63, 3.8) is 0 Å². The zero-order valence-corrected chi connectivity index (χ0v) is 19.0. The molecule has 0 spiro atoms. The molecule has 1 N–H and O–H groups in total. The summed E-state index contributed by atoms with van der Waals surface area (Å²) in [4.78, 5) is 17.1. The van der Waals surface area contributed by atoms with E-state index >= 15 is 0 Å². The second-order valence-electron chi connectivity index (χ2n) is 6.86. The maximum Gasteiger partial charge on any atom is 0.286 e. The number of carbonyl (C=O) groups is 1. The molecule has 0 aromatic heterocycles. The quantitative estimate of drug-likeness (QED) is 0.231. The largest absolute Gasteiger partial charge is 0.497 e. The molecule has 0 bridgehead atoms. The first-order valence-electron chi connectivity index (χ1n) is 10.1. The molecule has 1 aliphatic heterocycles. The van der Waals surface area contributed by atoms with Crippen LogP contribution in [0.15, 0.2) is 17.1 Å². The number of aliphatic imine (C=N–C) groups is 1. The predicted octanol–water partition coefficient (Wildman–Crippen LogP) is 2.83. The molecule has 2 atom stereocenters. The number of nitrogens with zero attached hydrogens (tertiary/aromatic N) is 2. The molecule has 1 aromatic carbocycles. The van der Waals surface area contributed by atoms with Crippen LogP contribution in [-0.2, 0) is 16.0 Å². The average Bonchev–Trinajstić information content (AvgIpc) is 2.76. The van der Waals surface area contributed by atoms with Gasteiger partial charge in [0.05, 0.1) is 33.4 Å². The zero-order chi connectivity index (χ0) is 22.5. The number of unbranched alkanes of at least 4 members (excludes halogenated alkanes) is 1. The summed E-state index contributed by atoms with van der Waals surface area (Å²) in [5, 5.41) is 3.64. The number of methoxy groups -OCH3 is 3. The Hall–Kier alpha value is -2.72. The molecule has 1 aliphatic rings. The van der Waals surface area contributed by atoms with Gasteiger partial charge in [0.25, 0.3) is 6.02 Å². The van der Waals surface area contributed by atoms with Gasteiger partial charge in [0.1, 0.15) is 17.8 Å². The smallest absolute Gasteiger partial charge is 0.286 e. The molecule has 1 aromatic rings. The number of aldehydes is 1. The molecule has 30 heavy (non-hydrogen) atoms. The van der Waals surface area contributed by atoms with Gasteiger partial charge in [-0.1, -0.05) is 0 Å². The number of benzene rings is 1. The Bertz CT molecular complexity index is 725. The maximum absolute atomic E-state index is 10.8. The molecule has 2 rings (SSSR count). The van der Waals surface area contributed by atoms with Gasteiger partial charge < -0.3 is 29.2 Å². The number of fused-ring (bicyclic) bond motifs is 1. The lowest BCUT2D eigenvalue weighted by Crippen LogP contribution is -2.48. The Balaban J connectivity index is 0.00000141. The van der Waals surface area contributed by atoms with Crippen LogP contribution >= 0.6 is 0 Å². The summed E-state index contributed by atoms with van der Waals surface area (Å²) in [6, 6.07) is 4.65. The molecule has 0 fully saturated rings. The summed E-state index contributed by atoms with van der Waals surface area (Å²) in [6.45, 7) is 2.51. The van der Waals surface area contributed by atoms with E-state index in [1.807, 2.05) is 18.0 Å². The van der Waals surface area contributed by atoms with Crippen LogP contribution in [0.25, 0.3) is 0 Å². The van der Waals surface area contributed by atoms with E-state index in [9.17, 15) is 4.79 Å². The van der Waals surface area contributed by atoms with Crippen molar-refractivity contribution < 1.29 is 19.0 Å². The second kappa shape index (κ2) is 13.5. The summed E-state index contributed by atoms with van der Waals surface area (Å²) in [7, 11) is 8.65. The molecule has 0 radical (unpaired) electrons. The summed E-state index contributed by atoms with van der Waals surface area (Å²) >= 11 is 0. The van der Waals surface area contributed by atoms with Crippen LogP contribution in [-0.4, -0.2) is 65.2 Å². The minimum absolute atomic E-state index is 0.0261. The number of amidine groups is 1. The summed E-state index contributed by atoms with van der Waals surface area (Å²) in [5.74, 6) is 3.85. The minimum Gasteiger partial charge on any atom is -0.497 e. The van der Waals surface area contributed by atoms with Crippen LogP contribution in [0, 0.1) is 12.3 Å².